The van der Waals surface area contributed by atoms with E-state index in [1.165, 1.54) is 6.92 Å². The van der Waals surface area contributed by atoms with Crippen LogP contribution in [0.3, 0.4) is 0 Å². The lowest BCUT2D eigenvalue weighted by atomic mass is 10.1. The molecular formula is C9H16O4. The number of aliphatic carboxylic acids is 1. The molecule has 1 N–H and O–H groups in total. The first kappa shape index (κ1) is 11.9. The third kappa shape index (κ3) is 8.85. The van der Waals surface area contributed by atoms with Crippen molar-refractivity contribution < 1.29 is 19.4 Å². The summed E-state index contributed by atoms with van der Waals surface area (Å²) in [5.74, 6) is -0.826. The summed E-state index contributed by atoms with van der Waals surface area (Å²) < 4.78 is 4.77. The van der Waals surface area contributed by atoms with Crippen LogP contribution >= 0.6 is 0 Å². The zero-order valence-electron chi connectivity index (χ0n) is 8.08. The lowest BCUT2D eigenvalue weighted by molar-refractivity contribution is -0.142. The van der Waals surface area contributed by atoms with Crippen molar-refractivity contribution in [3.63, 3.8) is 0 Å². The zero-order valence-corrected chi connectivity index (χ0v) is 8.08. The van der Waals surface area contributed by atoms with E-state index in [0.29, 0.717) is 13.0 Å². The van der Waals surface area contributed by atoms with Gasteiger partial charge in [-0.15, -0.1) is 0 Å². The second kappa shape index (κ2) is 6.46. The predicted octanol–water partition coefficient (Wildman–Crippen LogP) is 1.44. The van der Waals surface area contributed by atoms with Crippen molar-refractivity contribution in [3.05, 3.63) is 0 Å². The minimum Gasteiger partial charge on any atom is -0.481 e. The highest BCUT2D eigenvalue weighted by Gasteiger charge is 2.05. The summed E-state index contributed by atoms with van der Waals surface area (Å²) in [5, 5.41) is 8.36. The fourth-order valence-corrected chi connectivity index (χ4v) is 0.945. The molecule has 0 aromatic carbocycles. The maximum atomic E-state index is 10.4. The molecule has 1 unspecified atom stereocenters. The van der Waals surface area contributed by atoms with Crippen LogP contribution in [0, 0.1) is 5.92 Å². The molecule has 1 atom stereocenters. The molecule has 4 heteroatoms. The molecule has 0 rings (SSSR count). The molecule has 0 aromatic heterocycles. The van der Waals surface area contributed by atoms with E-state index in [1.807, 2.05) is 6.92 Å². The first-order valence-corrected chi connectivity index (χ1v) is 4.37. The Bertz CT molecular complexity index is 176. The average molecular weight is 188 g/mol. The molecule has 0 fully saturated rings. The molecule has 4 nitrogen and oxygen atoms in total. The summed E-state index contributed by atoms with van der Waals surface area (Å²) >= 11 is 0. The van der Waals surface area contributed by atoms with E-state index in [1.54, 1.807) is 0 Å². The van der Waals surface area contributed by atoms with Gasteiger partial charge in [0.1, 0.15) is 0 Å². The van der Waals surface area contributed by atoms with Gasteiger partial charge in [0.15, 0.2) is 0 Å². The molecule has 0 bridgehead atoms. The third-order valence-electron chi connectivity index (χ3n) is 1.66. The highest BCUT2D eigenvalue weighted by atomic mass is 16.5. The van der Waals surface area contributed by atoms with Crippen molar-refractivity contribution in [3.8, 4) is 0 Å². The maximum absolute atomic E-state index is 10.4. The van der Waals surface area contributed by atoms with Crippen LogP contribution in [0.1, 0.15) is 33.1 Å². The van der Waals surface area contributed by atoms with Gasteiger partial charge in [-0.2, -0.15) is 0 Å². The standard InChI is InChI=1S/C9H16O4/c1-7(6-13-8(2)10)4-3-5-9(11)12/h7H,3-6H2,1-2H3,(H,11,12). The summed E-state index contributed by atoms with van der Waals surface area (Å²) in [6.07, 6.45) is 1.60. The molecule has 0 heterocycles. The van der Waals surface area contributed by atoms with Crippen LogP contribution in [0.25, 0.3) is 0 Å². The number of hydrogen-bond donors (Lipinski definition) is 1. The summed E-state index contributed by atoms with van der Waals surface area (Å²) in [6, 6.07) is 0. The number of rotatable bonds is 6. The van der Waals surface area contributed by atoms with Crippen molar-refractivity contribution in [1.29, 1.82) is 0 Å². The highest BCUT2D eigenvalue weighted by molar-refractivity contribution is 5.66. The van der Waals surface area contributed by atoms with Gasteiger partial charge in [0, 0.05) is 13.3 Å². The number of ether oxygens (including phenoxy) is 1. The van der Waals surface area contributed by atoms with Gasteiger partial charge in [-0.25, -0.2) is 0 Å². The number of esters is 1. The highest BCUT2D eigenvalue weighted by Crippen LogP contribution is 2.08. The molecule has 76 valence electrons. The quantitative estimate of drug-likeness (QED) is 0.640. The molecule has 0 aliphatic heterocycles. The summed E-state index contributed by atoms with van der Waals surface area (Å²) in [5.41, 5.74) is 0. The lowest BCUT2D eigenvalue weighted by Gasteiger charge is -2.09. The van der Waals surface area contributed by atoms with Gasteiger partial charge in [0.25, 0.3) is 0 Å². The normalized spacial score (nSPS) is 12.2. The van der Waals surface area contributed by atoms with E-state index in [2.05, 4.69) is 0 Å². The van der Waals surface area contributed by atoms with Gasteiger partial charge in [-0.3, -0.25) is 9.59 Å². The molecule has 13 heavy (non-hydrogen) atoms. The maximum Gasteiger partial charge on any atom is 0.303 e. The van der Waals surface area contributed by atoms with E-state index < -0.39 is 5.97 Å². The van der Waals surface area contributed by atoms with E-state index in [4.69, 9.17) is 9.84 Å². The number of carbonyl (C=O) groups is 2. The molecule has 0 aliphatic rings. The Kier molecular flexibility index (Phi) is 5.93. The molecule has 0 aromatic rings. The zero-order chi connectivity index (χ0) is 10.3. The fourth-order valence-electron chi connectivity index (χ4n) is 0.945. The Morgan fingerprint density at radius 3 is 2.54 bits per heavy atom. The fraction of sp³-hybridized carbons (Fsp3) is 0.778. The van der Waals surface area contributed by atoms with Crippen LogP contribution in [-0.4, -0.2) is 23.7 Å². The summed E-state index contributed by atoms with van der Waals surface area (Å²) in [4.78, 5) is 20.6. The minimum atomic E-state index is -0.778. The minimum absolute atomic E-state index is 0.185. The number of carboxylic acids is 1. The van der Waals surface area contributed by atoms with Crippen LogP contribution in [0.4, 0.5) is 0 Å². The van der Waals surface area contributed by atoms with Crippen molar-refractivity contribution in [2.45, 2.75) is 33.1 Å². The molecule has 0 saturated carbocycles. The van der Waals surface area contributed by atoms with Gasteiger partial charge in [-0.1, -0.05) is 6.92 Å². The molecular weight excluding hydrogens is 172 g/mol. The molecule has 0 aliphatic carbocycles. The van der Waals surface area contributed by atoms with Crippen LogP contribution < -0.4 is 0 Å². The Morgan fingerprint density at radius 1 is 1.46 bits per heavy atom. The Morgan fingerprint density at radius 2 is 2.08 bits per heavy atom. The second-order valence-corrected chi connectivity index (χ2v) is 3.19. The SMILES string of the molecule is CC(=O)OCC(C)CCCC(=O)O. The Hall–Kier alpha value is -1.06. The Labute approximate surface area is 77.9 Å². The summed E-state index contributed by atoms with van der Waals surface area (Å²) in [7, 11) is 0. The van der Waals surface area contributed by atoms with Crippen molar-refractivity contribution in [2.24, 2.45) is 5.92 Å². The molecule has 0 amide bonds. The van der Waals surface area contributed by atoms with Crippen molar-refractivity contribution in [1.82, 2.24) is 0 Å². The van der Waals surface area contributed by atoms with Crippen LogP contribution in [-0.2, 0) is 14.3 Å². The van der Waals surface area contributed by atoms with Crippen LogP contribution in [0.5, 0.6) is 0 Å². The van der Waals surface area contributed by atoms with Gasteiger partial charge >= 0.3 is 11.9 Å². The smallest absolute Gasteiger partial charge is 0.303 e. The van der Waals surface area contributed by atoms with Gasteiger partial charge in [0.05, 0.1) is 6.61 Å². The Balaban J connectivity index is 3.35. The lowest BCUT2D eigenvalue weighted by Crippen LogP contribution is -2.09. The van der Waals surface area contributed by atoms with Gasteiger partial charge < -0.3 is 9.84 Å². The largest absolute Gasteiger partial charge is 0.481 e. The third-order valence-corrected chi connectivity index (χ3v) is 1.66. The van der Waals surface area contributed by atoms with Crippen LogP contribution in [0.15, 0.2) is 0 Å². The predicted molar refractivity (Wildman–Crippen MR) is 47.3 cm³/mol. The average Bonchev–Trinajstić information content (AvgIpc) is 2.00. The van der Waals surface area contributed by atoms with E-state index in [9.17, 15) is 9.59 Å². The monoisotopic (exact) mass is 188 g/mol. The number of carbonyl (C=O) groups excluding carboxylic acids is 1. The van der Waals surface area contributed by atoms with Gasteiger partial charge in [0.2, 0.25) is 0 Å². The first-order chi connectivity index (χ1) is 6.02. The molecule has 0 spiro atoms. The molecule has 0 saturated heterocycles. The first-order valence-electron chi connectivity index (χ1n) is 4.37. The van der Waals surface area contributed by atoms with E-state index in [0.717, 1.165) is 6.42 Å². The van der Waals surface area contributed by atoms with Gasteiger partial charge in [-0.05, 0) is 18.8 Å². The van der Waals surface area contributed by atoms with Crippen molar-refractivity contribution in [2.75, 3.05) is 6.61 Å². The van der Waals surface area contributed by atoms with Crippen molar-refractivity contribution >= 4 is 11.9 Å². The molecule has 0 radical (unpaired) electrons. The van der Waals surface area contributed by atoms with Crippen LogP contribution in [0.2, 0.25) is 0 Å². The number of hydrogen-bond acceptors (Lipinski definition) is 3. The van der Waals surface area contributed by atoms with E-state index in [-0.39, 0.29) is 18.3 Å². The number of carboxylic acid groups (broad SMARTS) is 1. The van der Waals surface area contributed by atoms with E-state index >= 15 is 0 Å². The summed E-state index contributed by atoms with van der Waals surface area (Å²) in [6.45, 7) is 3.68. The second-order valence-electron chi connectivity index (χ2n) is 3.19. The topological polar surface area (TPSA) is 63.6 Å².